The van der Waals surface area contributed by atoms with Gasteiger partial charge in [0.1, 0.15) is 17.0 Å². The Morgan fingerprint density at radius 2 is 1.54 bits per heavy atom. The van der Waals surface area contributed by atoms with E-state index in [4.69, 9.17) is 23.2 Å². The summed E-state index contributed by atoms with van der Waals surface area (Å²) in [5.41, 5.74) is 0.201. The first kappa shape index (κ1) is 34.4. The van der Waals surface area contributed by atoms with Gasteiger partial charge in [0.25, 0.3) is 5.91 Å². The largest absolute Gasteiger partial charge is 0.339 e. The Hall–Kier alpha value is -3.48. The number of carbonyl (C=O) groups excluding carboxylic acids is 3. The van der Waals surface area contributed by atoms with E-state index in [0.29, 0.717) is 11.3 Å². The fraction of sp³-hybridized carbons (Fsp3) is 0.343. The van der Waals surface area contributed by atoms with Crippen LogP contribution in [0.25, 0.3) is 10.1 Å². The van der Waals surface area contributed by atoms with Gasteiger partial charge in [0.15, 0.2) is 0 Å². The van der Waals surface area contributed by atoms with Gasteiger partial charge in [-0.3, -0.25) is 14.4 Å². The maximum atomic E-state index is 14.1. The van der Waals surface area contributed by atoms with E-state index in [1.54, 1.807) is 9.80 Å². The minimum absolute atomic E-state index is 0.0526. The number of thiophene rings is 1. The molecule has 13 heteroatoms. The molecule has 2 aliphatic rings. The molecule has 2 saturated heterocycles. The number of likely N-dealkylation sites (tertiary alicyclic amines) is 2. The zero-order chi connectivity index (χ0) is 34.4. The third kappa shape index (κ3) is 7.11. The van der Waals surface area contributed by atoms with Crippen molar-refractivity contribution in [3.05, 3.63) is 99.3 Å². The van der Waals surface area contributed by atoms with E-state index in [0.717, 1.165) is 15.6 Å². The lowest BCUT2D eigenvalue weighted by atomic mass is 9.85. The van der Waals surface area contributed by atoms with Gasteiger partial charge in [-0.25, -0.2) is 8.42 Å². The fourth-order valence-electron chi connectivity index (χ4n) is 6.49. The third-order valence-electron chi connectivity index (χ3n) is 8.91. The van der Waals surface area contributed by atoms with E-state index in [1.165, 1.54) is 29.5 Å². The van der Waals surface area contributed by atoms with Gasteiger partial charge in [-0.15, -0.1) is 11.3 Å². The number of nitrogens with one attached hydrogen (secondary N) is 2. The van der Waals surface area contributed by atoms with Gasteiger partial charge in [-0.05, 0) is 59.5 Å². The first-order valence-corrected chi connectivity index (χ1v) is 18.7. The Morgan fingerprint density at radius 3 is 2.17 bits per heavy atom. The van der Waals surface area contributed by atoms with Crippen LogP contribution in [0.15, 0.2) is 83.8 Å². The molecule has 0 saturated carbocycles. The quantitative estimate of drug-likeness (QED) is 0.228. The van der Waals surface area contributed by atoms with Crippen molar-refractivity contribution in [1.29, 1.82) is 0 Å². The molecular formula is C35H36Cl2N4O5S2. The Labute approximate surface area is 294 Å². The van der Waals surface area contributed by atoms with Crippen LogP contribution in [-0.2, 0) is 26.0 Å². The second-order valence-corrected chi connectivity index (χ2v) is 17.0. The molecule has 2 aliphatic heterocycles. The number of benzene rings is 3. The minimum Gasteiger partial charge on any atom is -0.339 e. The van der Waals surface area contributed by atoms with Gasteiger partial charge in [-0.2, -0.15) is 4.72 Å². The SMILES string of the molecule is CC(C)(C)C(NC(=O)c1cc2ccccc2s1)C(=O)N1C[C@@H]2C[C@H]1CN2C(=O)[C@H](Cc1ccccc1)NS(=O)(=O)c1ccc(Cl)cc1Cl. The van der Waals surface area contributed by atoms with Crippen LogP contribution in [0.1, 0.15) is 42.4 Å². The Bertz CT molecular complexity index is 1950. The molecule has 1 unspecified atom stereocenters. The smallest absolute Gasteiger partial charge is 0.262 e. The number of fused-ring (bicyclic) bond motifs is 3. The maximum absolute atomic E-state index is 14.1. The van der Waals surface area contributed by atoms with Crippen LogP contribution in [0.4, 0.5) is 0 Å². The fourth-order valence-corrected chi connectivity index (χ4v) is 9.42. The zero-order valence-corrected chi connectivity index (χ0v) is 29.8. The standard InChI is InChI=1S/C35H36Cl2N4O5S2/c1-35(2,3)31(38-32(42)29-16-22-11-7-8-12-28(22)47-29)34(44)41-20-24-18-25(41)19-40(24)33(43)27(15-21-9-5-4-6-10-21)39-48(45,46)30-14-13-23(36)17-26(30)37/h4-14,16-17,24-25,27,31,39H,15,18-20H2,1-3H3,(H,38,42)/t24-,25-,27-,31?/m0/s1. The predicted octanol–water partition coefficient (Wildman–Crippen LogP) is 5.75. The van der Waals surface area contributed by atoms with E-state index < -0.39 is 27.5 Å². The molecule has 6 rings (SSSR count). The molecule has 4 atom stereocenters. The lowest BCUT2D eigenvalue weighted by molar-refractivity contribution is -0.143. The molecule has 2 N–H and O–H groups in total. The first-order valence-electron chi connectivity index (χ1n) is 15.6. The van der Waals surface area contributed by atoms with Crippen LogP contribution in [0.3, 0.4) is 0 Å². The van der Waals surface area contributed by atoms with Gasteiger partial charge in [-0.1, -0.05) is 92.5 Å². The molecule has 48 heavy (non-hydrogen) atoms. The third-order valence-corrected chi connectivity index (χ3v) is 12.2. The van der Waals surface area contributed by atoms with Gasteiger partial charge >= 0.3 is 0 Å². The number of rotatable bonds is 9. The number of hydrogen-bond donors (Lipinski definition) is 2. The summed E-state index contributed by atoms with van der Waals surface area (Å²) >= 11 is 13.6. The molecule has 0 spiro atoms. The summed E-state index contributed by atoms with van der Waals surface area (Å²) in [5.74, 6) is -0.879. The summed E-state index contributed by atoms with van der Waals surface area (Å²) in [7, 11) is -4.20. The molecule has 252 valence electrons. The van der Waals surface area contributed by atoms with Crippen molar-refractivity contribution in [3.8, 4) is 0 Å². The molecule has 3 aromatic carbocycles. The Kier molecular flexibility index (Phi) is 9.63. The highest BCUT2D eigenvalue weighted by atomic mass is 35.5. The van der Waals surface area contributed by atoms with E-state index in [9.17, 15) is 22.8 Å². The van der Waals surface area contributed by atoms with Crippen molar-refractivity contribution >= 4 is 72.4 Å². The maximum Gasteiger partial charge on any atom is 0.262 e. The molecule has 1 aromatic heterocycles. The number of halogens is 2. The first-order chi connectivity index (χ1) is 22.7. The average molecular weight is 728 g/mol. The van der Waals surface area contributed by atoms with E-state index in [2.05, 4.69) is 10.0 Å². The van der Waals surface area contributed by atoms with Gasteiger partial charge in [0, 0.05) is 22.8 Å². The van der Waals surface area contributed by atoms with Crippen LogP contribution in [0, 0.1) is 5.41 Å². The van der Waals surface area contributed by atoms with Gasteiger partial charge in [0.2, 0.25) is 21.8 Å². The van der Waals surface area contributed by atoms with Gasteiger partial charge in [0.05, 0.1) is 22.0 Å². The lowest BCUT2D eigenvalue weighted by Crippen LogP contribution is -2.60. The summed E-state index contributed by atoms with van der Waals surface area (Å²) in [5, 5.41) is 4.21. The number of carbonyl (C=O) groups is 3. The highest BCUT2D eigenvalue weighted by Gasteiger charge is 2.51. The molecule has 4 aromatic rings. The summed E-state index contributed by atoms with van der Waals surface area (Å²) in [4.78, 5) is 45.4. The average Bonchev–Trinajstić information content (AvgIpc) is 3.77. The lowest BCUT2D eigenvalue weighted by Gasteiger charge is -2.40. The van der Waals surface area contributed by atoms with Crippen LogP contribution in [0.5, 0.6) is 0 Å². The normalized spacial score (nSPS) is 19.0. The summed E-state index contributed by atoms with van der Waals surface area (Å²) < 4.78 is 30.6. The minimum atomic E-state index is -4.20. The Balaban J connectivity index is 1.18. The number of hydrogen-bond acceptors (Lipinski definition) is 6. The predicted molar refractivity (Wildman–Crippen MR) is 189 cm³/mol. The summed E-state index contributed by atoms with van der Waals surface area (Å²) in [6.07, 6.45) is 0.683. The summed E-state index contributed by atoms with van der Waals surface area (Å²) in [6, 6.07) is 20.4. The van der Waals surface area contributed by atoms with Crippen molar-refractivity contribution in [2.24, 2.45) is 5.41 Å². The molecule has 9 nitrogen and oxygen atoms in total. The topological polar surface area (TPSA) is 116 Å². The highest BCUT2D eigenvalue weighted by Crippen LogP contribution is 2.35. The zero-order valence-electron chi connectivity index (χ0n) is 26.7. The molecule has 3 heterocycles. The van der Waals surface area contributed by atoms with Crippen molar-refractivity contribution < 1.29 is 22.8 Å². The van der Waals surface area contributed by atoms with Crippen LogP contribution in [-0.4, -0.2) is 73.2 Å². The number of piperazine rings is 1. The second-order valence-electron chi connectivity index (χ2n) is 13.4. The highest BCUT2D eigenvalue weighted by molar-refractivity contribution is 7.89. The van der Waals surface area contributed by atoms with Crippen molar-refractivity contribution in [3.63, 3.8) is 0 Å². The van der Waals surface area contributed by atoms with E-state index in [1.807, 2.05) is 81.4 Å². The molecule has 3 amide bonds. The van der Waals surface area contributed by atoms with Crippen molar-refractivity contribution in [2.45, 2.75) is 62.7 Å². The molecule has 2 bridgehead atoms. The number of amides is 3. The Morgan fingerprint density at radius 1 is 0.896 bits per heavy atom. The van der Waals surface area contributed by atoms with Crippen LogP contribution < -0.4 is 10.0 Å². The van der Waals surface area contributed by atoms with Crippen LogP contribution in [0.2, 0.25) is 10.0 Å². The van der Waals surface area contributed by atoms with Crippen molar-refractivity contribution in [2.75, 3.05) is 13.1 Å². The number of nitrogens with zero attached hydrogens (tertiary/aromatic N) is 2. The van der Waals surface area contributed by atoms with Crippen molar-refractivity contribution in [1.82, 2.24) is 19.8 Å². The molecule has 0 aliphatic carbocycles. The molecule has 2 fully saturated rings. The second kappa shape index (κ2) is 13.4. The monoisotopic (exact) mass is 726 g/mol. The van der Waals surface area contributed by atoms with Crippen LogP contribution >= 0.6 is 34.5 Å². The van der Waals surface area contributed by atoms with Gasteiger partial charge < -0.3 is 15.1 Å². The summed E-state index contributed by atoms with van der Waals surface area (Å²) in [6.45, 7) is 6.29. The number of sulfonamides is 1. The molecular weight excluding hydrogens is 691 g/mol. The van der Waals surface area contributed by atoms with E-state index >= 15 is 0 Å². The van der Waals surface area contributed by atoms with E-state index in [-0.39, 0.29) is 64.3 Å². The molecule has 0 radical (unpaired) electrons.